The highest BCUT2D eigenvalue weighted by Crippen LogP contribution is 2.13. The smallest absolute Gasteiger partial charge is 0.367 e. The first-order chi connectivity index (χ1) is 7.63. The number of Topliss-reactive ketones (excluding diaryl/α,β-unsaturated/α-hetero) is 1. The molecule has 16 heavy (non-hydrogen) atoms. The van der Waals surface area contributed by atoms with E-state index in [4.69, 9.17) is 16.3 Å². The summed E-state index contributed by atoms with van der Waals surface area (Å²) in [5, 5.41) is 0.152. The molecule has 0 unspecified atom stereocenters. The van der Waals surface area contributed by atoms with Crippen LogP contribution in [0.4, 0.5) is 4.79 Å². The molecule has 3 nitrogen and oxygen atoms in total. The summed E-state index contributed by atoms with van der Waals surface area (Å²) < 4.78 is 4.70. The van der Waals surface area contributed by atoms with Crippen LogP contribution in [0.3, 0.4) is 0 Å². The van der Waals surface area contributed by atoms with E-state index in [0.29, 0.717) is 17.2 Å². The molecule has 0 saturated carbocycles. The largest absolute Gasteiger partial charge is 0.458 e. The first-order valence-electron chi connectivity index (χ1n) is 4.71. The molecule has 0 N–H and O–H groups in total. The van der Waals surface area contributed by atoms with Crippen molar-refractivity contribution in [2.75, 3.05) is 12.4 Å². The van der Waals surface area contributed by atoms with E-state index in [1.165, 1.54) is 0 Å². The zero-order valence-corrected chi connectivity index (χ0v) is 10.3. The molecule has 1 rings (SSSR count). The van der Waals surface area contributed by atoms with Gasteiger partial charge in [0, 0.05) is 10.6 Å². The SMILES string of the molecule is CCOC(=O)SCC(=O)c1ccc(Cl)cc1. The van der Waals surface area contributed by atoms with Gasteiger partial charge >= 0.3 is 5.30 Å². The summed E-state index contributed by atoms with van der Waals surface area (Å²) in [4.78, 5) is 22.6. The summed E-state index contributed by atoms with van der Waals surface area (Å²) in [6.07, 6.45) is 0. The molecule has 0 aliphatic carbocycles. The van der Waals surface area contributed by atoms with Crippen LogP contribution >= 0.6 is 23.4 Å². The van der Waals surface area contributed by atoms with Crippen molar-refractivity contribution in [3.8, 4) is 0 Å². The van der Waals surface area contributed by atoms with Gasteiger partial charge in [-0.25, -0.2) is 4.79 Å². The van der Waals surface area contributed by atoms with Gasteiger partial charge in [-0.05, 0) is 43.0 Å². The highest BCUT2D eigenvalue weighted by molar-refractivity contribution is 8.13. The number of halogens is 1. The molecule has 86 valence electrons. The monoisotopic (exact) mass is 258 g/mol. The lowest BCUT2D eigenvalue weighted by Crippen LogP contribution is -2.06. The maximum absolute atomic E-state index is 11.6. The van der Waals surface area contributed by atoms with Crippen molar-refractivity contribution < 1.29 is 14.3 Å². The van der Waals surface area contributed by atoms with E-state index < -0.39 is 5.30 Å². The van der Waals surface area contributed by atoms with Gasteiger partial charge in [-0.2, -0.15) is 0 Å². The molecule has 0 fully saturated rings. The van der Waals surface area contributed by atoms with Crippen LogP contribution in [0.25, 0.3) is 0 Å². The fourth-order valence-corrected chi connectivity index (χ4v) is 1.75. The molecular weight excluding hydrogens is 248 g/mol. The van der Waals surface area contributed by atoms with Crippen LogP contribution in [0.5, 0.6) is 0 Å². The summed E-state index contributed by atoms with van der Waals surface area (Å²) >= 11 is 6.56. The fraction of sp³-hybridized carbons (Fsp3) is 0.273. The van der Waals surface area contributed by atoms with E-state index in [0.717, 1.165) is 11.8 Å². The van der Waals surface area contributed by atoms with Gasteiger partial charge in [-0.15, -0.1) is 0 Å². The summed E-state index contributed by atoms with van der Waals surface area (Å²) in [5.41, 5.74) is 0.543. The van der Waals surface area contributed by atoms with Crippen LogP contribution < -0.4 is 0 Å². The first-order valence-corrected chi connectivity index (χ1v) is 6.08. The summed E-state index contributed by atoms with van der Waals surface area (Å²) in [5.74, 6) is -0.0322. The van der Waals surface area contributed by atoms with Crippen molar-refractivity contribution in [1.82, 2.24) is 0 Å². The molecule has 0 bridgehead atoms. The molecule has 0 aliphatic rings. The molecule has 0 aliphatic heterocycles. The Kier molecular flexibility index (Phi) is 5.35. The van der Waals surface area contributed by atoms with Crippen molar-refractivity contribution >= 4 is 34.4 Å². The normalized spacial score (nSPS) is 9.88. The lowest BCUT2D eigenvalue weighted by Gasteiger charge is -2.01. The lowest BCUT2D eigenvalue weighted by molar-refractivity contribution is 0.102. The van der Waals surface area contributed by atoms with E-state index >= 15 is 0 Å². The van der Waals surface area contributed by atoms with E-state index in [9.17, 15) is 9.59 Å². The van der Waals surface area contributed by atoms with Crippen LogP contribution in [0.1, 0.15) is 17.3 Å². The maximum atomic E-state index is 11.6. The third kappa shape index (κ3) is 4.24. The average molecular weight is 259 g/mol. The minimum absolute atomic E-state index is 0.0838. The van der Waals surface area contributed by atoms with Gasteiger partial charge in [-0.3, -0.25) is 4.79 Å². The van der Waals surface area contributed by atoms with E-state index in [1.54, 1.807) is 31.2 Å². The van der Waals surface area contributed by atoms with E-state index in [2.05, 4.69) is 0 Å². The van der Waals surface area contributed by atoms with Crippen LogP contribution in [0.15, 0.2) is 24.3 Å². The van der Waals surface area contributed by atoms with Crippen molar-refractivity contribution in [3.63, 3.8) is 0 Å². The van der Waals surface area contributed by atoms with Crippen LogP contribution in [0.2, 0.25) is 5.02 Å². The lowest BCUT2D eigenvalue weighted by atomic mass is 10.1. The summed E-state index contributed by atoms with van der Waals surface area (Å²) in [7, 11) is 0. The molecular formula is C11H11ClO3S. The highest BCUT2D eigenvalue weighted by atomic mass is 35.5. The summed E-state index contributed by atoms with van der Waals surface area (Å²) in [6, 6.07) is 6.56. The fourth-order valence-electron chi connectivity index (χ4n) is 1.00. The molecule has 0 aromatic heterocycles. The number of carbonyl (C=O) groups excluding carboxylic acids is 2. The molecule has 5 heteroatoms. The van der Waals surface area contributed by atoms with Gasteiger partial charge in [0.05, 0.1) is 12.4 Å². The number of benzene rings is 1. The molecule has 0 atom stereocenters. The number of ketones is 1. The summed E-state index contributed by atoms with van der Waals surface area (Å²) in [6.45, 7) is 2.04. The Morgan fingerprint density at radius 1 is 1.31 bits per heavy atom. The van der Waals surface area contributed by atoms with E-state index in [-0.39, 0.29) is 11.5 Å². The van der Waals surface area contributed by atoms with Gasteiger partial charge in [0.15, 0.2) is 5.78 Å². The Bertz CT molecular complexity index is 375. The Morgan fingerprint density at radius 2 is 1.94 bits per heavy atom. The van der Waals surface area contributed by atoms with Gasteiger partial charge in [0.25, 0.3) is 0 Å². The number of ether oxygens (including phenoxy) is 1. The van der Waals surface area contributed by atoms with Crippen LogP contribution in [0, 0.1) is 0 Å². The predicted octanol–water partition coefficient (Wildman–Crippen LogP) is 3.41. The van der Waals surface area contributed by atoms with Gasteiger partial charge in [0.2, 0.25) is 0 Å². The molecule has 0 saturated heterocycles. The second-order valence-electron chi connectivity index (χ2n) is 2.90. The van der Waals surface area contributed by atoms with Gasteiger partial charge < -0.3 is 4.74 Å². The van der Waals surface area contributed by atoms with Crippen LogP contribution in [-0.2, 0) is 4.74 Å². The maximum Gasteiger partial charge on any atom is 0.367 e. The molecule has 0 amide bonds. The predicted molar refractivity (Wildman–Crippen MR) is 65.3 cm³/mol. The van der Waals surface area contributed by atoms with Crippen molar-refractivity contribution in [3.05, 3.63) is 34.9 Å². The number of rotatable bonds is 4. The Balaban J connectivity index is 2.47. The molecule has 1 aromatic rings. The third-order valence-electron chi connectivity index (χ3n) is 1.75. The quantitative estimate of drug-likeness (QED) is 0.613. The molecule has 0 heterocycles. The first kappa shape index (κ1) is 13.1. The second-order valence-corrected chi connectivity index (χ2v) is 4.25. The number of thioether (sulfide) groups is 1. The Morgan fingerprint density at radius 3 is 2.50 bits per heavy atom. The Hall–Kier alpha value is -1.00. The Labute approximate surface area is 103 Å². The average Bonchev–Trinajstić information content (AvgIpc) is 2.27. The molecule has 1 aromatic carbocycles. The standard InChI is InChI=1S/C11H11ClO3S/c1-2-15-11(14)16-7-10(13)8-3-5-9(12)6-4-8/h3-6H,2,7H2,1H3. The zero-order chi connectivity index (χ0) is 12.0. The minimum Gasteiger partial charge on any atom is -0.458 e. The number of hydrogen-bond acceptors (Lipinski definition) is 4. The minimum atomic E-state index is -0.426. The van der Waals surface area contributed by atoms with Crippen molar-refractivity contribution in [2.24, 2.45) is 0 Å². The van der Waals surface area contributed by atoms with Crippen molar-refractivity contribution in [2.45, 2.75) is 6.92 Å². The zero-order valence-electron chi connectivity index (χ0n) is 8.73. The number of carbonyl (C=O) groups is 2. The topological polar surface area (TPSA) is 43.4 Å². The number of hydrogen-bond donors (Lipinski definition) is 0. The highest BCUT2D eigenvalue weighted by Gasteiger charge is 2.10. The van der Waals surface area contributed by atoms with Crippen LogP contribution in [-0.4, -0.2) is 23.4 Å². The van der Waals surface area contributed by atoms with Crippen molar-refractivity contribution in [1.29, 1.82) is 0 Å². The second kappa shape index (κ2) is 6.55. The van der Waals surface area contributed by atoms with Gasteiger partial charge in [0.1, 0.15) is 0 Å². The third-order valence-corrected chi connectivity index (χ3v) is 2.76. The van der Waals surface area contributed by atoms with E-state index in [1.807, 2.05) is 0 Å². The van der Waals surface area contributed by atoms with Gasteiger partial charge in [-0.1, -0.05) is 11.6 Å². The molecule has 0 spiro atoms. The molecule has 0 radical (unpaired) electrons.